The van der Waals surface area contributed by atoms with E-state index in [1.807, 2.05) is 41.9 Å². The molecule has 6 heteroatoms. The molecule has 0 fully saturated rings. The summed E-state index contributed by atoms with van der Waals surface area (Å²) in [6.07, 6.45) is 2.72. The summed E-state index contributed by atoms with van der Waals surface area (Å²) in [5.74, 6) is 1.39. The fourth-order valence-corrected chi connectivity index (χ4v) is 2.61. The average molecular weight is 353 g/mol. The number of amides is 1. The zero-order valence-corrected chi connectivity index (χ0v) is 15.1. The van der Waals surface area contributed by atoms with Gasteiger partial charge in [-0.3, -0.25) is 9.48 Å². The number of ether oxygens (including phenoxy) is 1. The van der Waals surface area contributed by atoms with E-state index in [-0.39, 0.29) is 18.3 Å². The van der Waals surface area contributed by atoms with Crippen molar-refractivity contribution >= 4 is 5.91 Å². The van der Waals surface area contributed by atoms with E-state index >= 15 is 0 Å². The number of nitrogens with one attached hydrogen (secondary N) is 1. The standard InChI is InChI=1S/C20H23N3O3/c1-3-15-5-7-17(8-6-15)25-14-18-9-10-19(26-18)20(24)21-13-16-11-12-22-23(16)4-2/h5-12H,3-4,13-14H2,1-2H3,(H,21,24). The van der Waals surface area contributed by atoms with E-state index in [0.29, 0.717) is 12.3 Å². The monoisotopic (exact) mass is 353 g/mol. The van der Waals surface area contributed by atoms with Crippen LogP contribution in [0.2, 0.25) is 0 Å². The molecule has 3 aromatic rings. The summed E-state index contributed by atoms with van der Waals surface area (Å²) in [5, 5.41) is 7.02. The van der Waals surface area contributed by atoms with Gasteiger partial charge in [0.1, 0.15) is 18.1 Å². The van der Waals surface area contributed by atoms with Crippen LogP contribution in [-0.4, -0.2) is 15.7 Å². The van der Waals surface area contributed by atoms with Gasteiger partial charge in [0.25, 0.3) is 5.91 Å². The van der Waals surface area contributed by atoms with Gasteiger partial charge in [-0.25, -0.2) is 0 Å². The fourth-order valence-electron chi connectivity index (χ4n) is 2.61. The van der Waals surface area contributed by atoms with Crippen LogP contribution in [0.4, 0.5) is 0 Å². The summed E-state index contributed by atoms with van der Waals surface area (Å²) < 4.78 is 13.1. The Balaban J connectivity index is 1.52. The van der Waals surface area contributed by atoms with Gasteiger partial charge in [0.05, 0.1) is 12.2 Å². The minimum absolute atomic E-state index is 0.257. The molecule has 0 radical (unpaired) electrons. The number of carbonyl (C=O) groups is 1. The molecule has 1 aromatic carbocycles. The van der Waals surface area contributed by atoms with Crippen molar-refractivity contribution in [2.45, 2.75) is 40.0 Å². The van der Waals surface area contributed by atoms with Gasteiger partial charge in [0.15, 0.2) is 5.76 Å². The van der Waals surface area contributed by atoms with Gasteiger partial charge in [-0.2, -0.15) is 5.10 Å². The van der Waals surface area contributed by atoms with Crippen LogP contribution < -0.4 is 10.1 Å². The second-order valence-electron chi connectivity index (χ2n) is 5.87. The molecule has 1 N–H and O–H groups in total. The van der Waals surface area contributed by atoms with E-state index in [1.54, 1.807) is 18.3 Å². The average Bonchev–Trinajstić information content (AvgIpc) is 3.34. The number of furan rings is 1. The Morgan fingerprint density at radius 2 is 1.96 bits per heavy atom. The highest BCUT2D eigenvalue weighted by Gasteiger charge is 2.12. The Morgan fingerprint density at radius 1 is 1.15 bits per heavy atom. The van der Waals surface area contributed by atoms with Gasteiger partial charge in [0.2, 0.25) is 0 Å². The first-order valence-electron chi connectivity index (χ1n) is 8.79. The van der Waals surface area contributed by atoms with Crippen molar-refractivity contribution in [2.75, 3.05) is 0 Å². The molecule has 0 aliphatic heterocycles. The molecule has 0 spiro atoms. The third kappa shape index (κ3) is 4.33. The van der Waals surface area contributed by atoms with E-state index in [4.69, 9.17) is 9.15 Å². The maximum Gasteiger partial charge on any atom is 0.287 e. The van der Waals surface area contributed by atoms with E-state index in [2.05, 4.69) is 17.3 Å². The normalized spacial score (nSPS) is 10.7. The zero-order valence-electron chi connectivity index (χ0n) is 15.1. The minimum atomic E-state index is -0.257. The van der Waals surface area contributed by atoms with Crippen LogP contribution in [-0.2, 0) is 26.1 Å². The largest absolute Gasteiger partial charge is 0.486 e. The molecule has 6 nitrogen and oxygen atoms in total. The first-order chi connectivity index (χ1) is 12.7. The molecule has 0 aliphatic rings. The number of hydrogen-bond acceptors (Lipinski definition) is 4. The fraction of sp³-hybridized carbons (Fsp3) is 0.300. The van der Waals surface area contributed by atoms with Crippen LogP contribution in [0.25, 0.3) is 0 Å². The predicted molar refractivity (Wildman–Crippen MR) is 97.9 cm³/mol. The molecule has 3 rings (SSSR count). The Morgan fingerprint density at radius 3 is 2.69 bits per heavy atom. The number of rotatable bonds is 8. The van der Waals surface area contributed by atoms with Crippen molar-refractivity contribution in [1.29, 1.82) is 0 Å². The number of aromatic nitrogens is 2. The highest BCUT2D eigenvalue weighted by molar-refractivity contribution is 5.91. The third-order valence-electron chi connectivity index (χ3n) is 4.13. The maximum atomic E-state index is 12.2. The molecular weight excluding hydrogens is 330 g/mol. The summed E-state index contributed by atoms with van der Waals surface area (Å²) in [4.78, 5) is 12.2. The van der Waals surface area contributed by atoms with Gasteiger partial charge < -0.3 is 14.5 Å². The second-order valence-corrected chi connectivity index (χ2v) is 5.87. The van der Waals surface area contributed by atoms with Crippen LogP contribution in [0.15, 0.2) is 53.1 Å². The smallest absolute Gasteiger partial charge is 0.287 e. The Bertz CT molecular complexity index is 849. The van der Waals surface area contributed by atoms with E-state index in [0.717, 1.165) is 24.4 Å². The lowest BCUT2D eigenvalue weighted by molar-refractivity contribution is 0.0918. The zero-order chi connectivity index (χ0) is 18.4. The van der Waals surface area contributed by atoms with Gasteiger partial charge in [-0.15, -0.1) is 0 Å². The summed E-state index contributed by atoms with van der Waals surface area (Å²) in [5.41, 5.74) is 2.21. The molecule has 0 saturated carbocycles. The lowest BCUT2D eigenvalue weighted by Crippen LogP contribution is -2.23. The first kappa shape index (κ1) is 17.8. The van der Waals surface area contributed by atoms with Gasteiger partial charge in [-0.1, -0.05) is 19.1 Å². The molecule has 2 aromatic heterocycles. The number of aryl methyl sites for hydroxylation is 2. The first-order valence-corrected chi connectivity index (χ1v) is 8.79. The summed E-state index contributed by atoms with van der Waals surface area (Å²) in [6.45, 7) is 5.57. The Labute approximate surface area is 152 Å². The van der Waals surface area contributed by atoms with Crippen LogP contribution in [0.3, 0.4) is 0 Å². The highest BCUT2D eigenvalue weighted by Crippen LogP contribution is 2.16. The second kappa shape index (κ2) is 8.38. The van der Waals surface area contributed by atoms with Crippen LogP contribution in [0, 0.1) is 0 Å². The number of carbonyl (C=O) groups excluding carboxylic acids is 1. The predicted octanol–water partition coefficient (Wildman–Crippen LogP) is 3.57. The Kier molecular flexibility index (Phi) is 5.73. The summed E-state index contributed by atoms with van der Waals surface area (Å²) in [6, 6.07) is 13.2. The molecule has 0 unspecified atom stereocenters. The summed E-state index contributed by atoms with van der Waals surface area (Å²) in [7, 11) is 0. The number of nitrogens with zero attached hydrogens (tertiary/aromatic N) is 2. The van der Waals surface area contributed by atoms with Crippen molar-refractivity contribution in [1.82, 2.24) is 15.1 Å². The van der Waals surface area contributed by atoms with Gasteiger partial charge in [0, 0.05) is 12.7 Å². The number of benzene rings is 1. The van der Waals surface area contributed by atoms with Crippen molar-refractivity contribution < 1.29 is 13.9 Å². The van der Waals surface area contributed by atoms with E-state index in [1.165, 1.54) is 5.56 Å². The van der Waals surface area contributed by atoms with Crippen LogP contribution >= 0.6 is 0 Å². The van der Waals surface area contributed by atoms with Crippen LogP contribution in [0.5, 0.6) is 5.75 Å². The van der Waals surface area contributed by atoms with Crippen molar-refractivity contribution in [3.63, 3.8) is 0 Å². The minimum Gasteiger partial charge on any atom is -0.486 e. The van der Waals surface area contributed by atoms with Crippen molar-refractivity contribution in [3.05, 3.63) is 71.4 Å². The van der Waals surface area contributed by atoms with Crippen molar-refractivity contribution in [3.8, 4) is 5.75 Å². The molecule has 0 atom stereocenters. The summed E-state index contributed by atoms with van der Waals surface area (Å²) >= 11 is 0. The van der Waals surface area contributed by atoms with Gasteiger partial charge in [-0.05, 0) is 49.2 Å². The third-order valence-corrected chi connectivity index (χ3v) is 4.13. The van der Waals surface area contributed by atoms with Crippen LogP contribution in [0.1, 0.15) is 41.4 Å². The molecule has 2 heterocycles. The van der Waals surface area contributed by atoms with Crippen molar-refractivity contribution in [2.24, 2.45) is 0 Å². The highest BCUT2D eigenvalue weighted by atomic mass is 16.5. The molecular formula is C20H23N3O3. The molecule has 0 aliphatic carbocycles. The molecule has 136 valence electrons. The molecule has 0 saturated heterocycles. The molecule has 0 bridgehead atoms. The maximum absolute atomic E-state index is 12.2. The number of hydrogen-bond donors (Lipinski definition) is 1. The molecule has 1 amide bonds. The lowest BCUT2D eigenvalue weighted by atomic mass is 10.2. The SMILES string of the molecule is CCc1ccc(OCc2ccc(C(=O)NCc3ccnn3CC)o2)cc1. The quantitative estimate of drug-likeness (QED) is 0.672. The Hall–Kier alpha value is -3.02. The lowest BCUT2D eigenvalue weighted by Gasteiger charge is -2.06. The van der Waals surface area contributed by atoms with E-state index < -0.39 is 0 Å². The van der Waals surface area contributed by atoms with Gasteiger partial charge >= 0.3 is 0 Å². The molecule has 26 heavy (non-hydrogen) atoms. The van der Waals surface area contributed by atoms with E-state index in [9.17, 15) is 4.79 Å². The topological polar surface area (TPSA) is 69.3 Å².